The molecule has 106 valence electrons. The van der Waals surface area contributed by atoms with Crippen LogP contribution in [0.2, 0.25) is 0 Å². The van der Waals surface area contributed by atoms with E-state index >= 15 is 0 Å². The van der Waals surface area contributed by atoms with Crippen molar-refractivity contribution in [2.75, 3.05) is 26.2 Å². The summed E-state index contributed by atoms with van der Waals surface area (Å²) in [6.45, 7) is 9.62. The zero-order valence-corrected chi connectivity index (χ0v) is 11.9. The maximum atomic E-state index is 12.5. The molecule has 0 aromatic carbocycles. The average Bonchev–Trinajstić information content (AvgIpc) is 2.93. The van der Waals surface area contributed by atoms with Crippen molar-refractivity contribution in [1.82, 2.24) is 25.7 Å². The third-order valence-electron chi connectivity index (χ3n) is 3.83. The molecule has 0 spiro atoms. The molecule has 1 aromatic heterocycles. The molecule has 19 heavy (non-hydrogen) atoms. The fourth-order valence-electron chi connectivity index (χ4n) is 2.32. The summed E-state index contributed by atoms with van der Waals surface area (Å²) in [5, 5.41) is 13.0. The molecule has 6 nitrogen and oxygen atoms in total. The molecule has 1 aliphatic rings. The topological polar surface area (TPSA) is 73.1 Å². The van der Waals surface area contributed by atoms with Gasteiger partial charge >= 0.3 is 0 Å². The van der Waals surface area contributed by atoms with E-state index in [1.54, 1.807) is 6.20 Å². The Hall–Kier alpha value is -1.40. The van der Waals surface area contributed by atoms with Crippen LogP contribution in [0, 0.1) is 0 Å². The van der Waals surface area contributed by atoms with E-state index in [2.05, 4.69) is 25.7 Å². The van der Waals surface area contributed by atoms with Crippen molar-refractivity contribution in [2.24, 2.45) is 0 Å². The summed E-state index contributed by atoms with van der Waals surface area (Å²) >= 11 is 0. The Balaban J connectivity index is 1.97. The maximum absolute atomic E-state index is 12.5. The van der Waals surface area contributed by atoms with Gasteiger partial charge in [-0.25, -0.2) is 0 Å². The Labute approximate surface area is 113 Å². The van der Waals surface area contributed by atoms with Crippen LogP contribution in [0.4, 0.5) is 0 Å². The quantitative estimate of drug-likeness (QED) is 0.731. The van der Waals surface area contributed by atoms with Gasteiger partial charge < -0.3 is 10.6 Å². The third kappa shape index (κ3) is 3.13. The number of amides is 1. The molecule has 0 saturated carbocycles. The first-order valence-corrected chi connectivity index (χ1v) is 6.77. The monoisotopic (exact) mass is 265 g/mol. The normalized spacial score (nSPS) is 19.1. The Morgan fingerprint density at radius 1 is 1.47 bits per heavy atom. The third-order valence-corrected chi connectivity index (χ3v) is 3.83. The molecule has 6 heteroatoms. The van der Waals surface area contributed by atoms with Crippen LogP contribution >= 0.6 is 0 Å². The average molecular weight is 265 g/mol. The molecule has 1 amide bonds. The van der Waals surface area contributed by atoms with Crippen molar-refractivity contribution in [1.29, 1.82) is 0 Å². The first-order valence-electron chi connectivity index (χ1n) is 6.77. The second-order valence-corrected chi connectivity index (χ2v) is 5.52. The first-order chi connectivity index (χ1) is 9.01. The fourth-order valence-corrected chi connectivity index (χ4v) is 2.32. The van der Waals surface area contributed by atoms with Crippen molar-refractivity contribution < 1.29 is 4.79 Å². The van der Waals surface area contributed by atoms with Crippen LogP contribution in [0.5, 0.6) is 0 Å². The molecular formula is C13H23N5O. The number of aromatic nitrogens is 2. The van der Waals surface area contributed by atoms with E-state index in [4.69, 9.17) is 0 Å². The van der Waals surface area contributed by atoms with Crippen LogP contribution in [0.25, 0.3) is 0 Å². The van der Waals surface area contributed by atoms with Crippen LogP contribution in [-0.2, 0) is 4.79 Å². The van der Waals surface area contributed by atoms with Crippen LogP contribution in [0.15, 0.2) is 12.4 Å². The number of hydrogen-bond donors (Lipinski definition) is 3. The van der Waals surface area contributed by atoms with Gasteiger partial charge in [-0.2, -0.15) is 5.10 Å². The summed E-state index contributed by atoms with van der Waals surface area (Å²) in [6.07, 6.45) is 3.55. The molecule has 0 aliphatic carbocycles. The van der Waals surface area contributed by atoms with Gasteiger partial charge in [0.2, 0.25) is 5.91 Å². The summed E-state index contributed by atoms with van der Waals surface area (Å²) in [4.78, 5) is 14.7. The van der Waals surface area contributed by atoms with E-state index in [0.717, 1.165) is 31.7 Å². The summed E-state index contributed by atoms with van der Waals surface area (Å²) in [5.74, 6) is 0.0584. The van der Waals surface area contributed by atoms with Gasteiger partial charge in [-0.1, -0.05) is 0 Å². The van der Waals surface area contributed by atoms with Crippen LogP contribution in [0.3, 0.4) is 0 Å². The summed E-state index contributed by atoms with van der Waals surface area (Å²) < 4.78 is 0. The van der Waals surface area contributed by atoms with Gasteiger partial charge in [0.15, 0.2) is 0 Å². The molecule has 1 atom stereocenters. The largest absolute Gasteiger partial charge is 0.348 e. The highest BCUT2D eigenvalue weighted by atomic mass is 16.2. The van der Waals surface area contributed by atoms with E-state index < -0.39 is 5.54 Å². The number of hydrogen-bond acceptors (Lipinski definition) is 4. The van der Waals surface area contributed by atoms with Crippen molar-refractivity contribution >= 4 is 5.91 Å². The lowest BCUT2D eigenvalue weighted by atomic mass is 9.99. The second-order valence-electron chi connectivity index (χ2n) is 5.52. The molecule has 0 radical (unpaired) electrons. The number of H-pyrrole nitrogens is 1. The lowest BCUT2D eigenvalue weighted by Crippen LogP contribution is -2.60. The smallest absolute Gasteiger partial charge is 0.240 e. The minimum atomic E-state index is -0.486. The Bertz CT molecular complexity index is 409. The number of carbonyl (C=O) groups is 1. The molecular weight excluding hydrogens is 242 g/mol. The molecule has 1 saturated heterocycles. The number of carbonyl (C=O) groups excluding carboxylic acids is 1. The Morgan fingerprint density at radius 2 is 2.16 bits per heavy atom. The van der Waals surface area contributed by atoms with E-state index in [1.807, 2.05) is 27.0 Å². The van der Waals surface area contributed by atoms with Gasteiger partial charge in [0, 0.05) is 37.9 Å². The Kier molecular flexibility index (Phi) is 4.21. The minimum Gasteiger partial charge on any atom is -0.348 e. The number of nitrogens with one attached hydrogen (secondary N) is 3. The predicted octanol–water partition coefficient (Wildman–Crippen LogP) is 0.271. The summed E-state index contributed by atoms with van der Waals surface area (Å²) in [7, 11) is 0. The standard InChI is InChI=1S/C13H23N5O/c1-10(11-8-15-16-9-11)17-12(19)13(2,3)18-6-4-14-5-7-18/h8-10,14H,4-7H2,1-3H3,(H,15,16)(H,17,19). The number of nitrogens with zero attached hydrogens (tertiary/aromatic N) is 2. The van der Waals surface area contributed by atoms with Gasteiger partial charge in [-0.3, -0.25) is 14.8 Å². The van der Waals surface area contributed by atoms with Crippen molar-refractivity contribution in [3.8, 4) is 0 Å². The molecule has 3 N–H and O–H groups in total. The minimum absolute atomic E-state index is 0.0339. The first kappa shape index (κ1) is 14.0. The van der Waals surface area contributed by atoms with E-state index in [9.17, 15) is 4.79 Å². The summed E-state index contributed by atoms with van der Waals surface area (Å²) in [5.41, 5.74) is 0.504. The molecule has 1 aliphatic heterocycles. The molecule has 1 aromatic rings. The highest BCUT2D eigenvalue weighted by Gasteiger charge is 2.35. The molecule has 2 heterocycles. The zero-order valence-electron chi connectivity index (χ0n) is 11.9. The van der Waals surface area contributed by atoms with Crippen LogP contribution in [0.1, 0.15) is 32.4 Å². The van der Waals surface area contributed by atoms with Gasteiger partial charge in [0.1, 0.15) is 0 Å². The second kappa shape index (κ2) is 5.71. The van der Waals surface area contributed by atoms with Gasteiger partial charge in [0.05, 0.1) is 17.8 Å². The fraction of sp³-hybridized carbons (Fsp3) is 0.692. The van der Waals surface area contributed by atoms with E-state index in [-0.39, 0.29) is 11.9 Å². The molecule has 2 rings (SSSR count). The summed E-state index contributed by atoms with van der Waals surface area (Å²) in [6, 6.07) is -0.0339. The van der Waals surface area contributed by atoms with Crippen molar-refractivity contribution in [3.63, 3.8) is 0 Å². The maximum Gasteiger partial charge on any atom is 0.240 e. The number of rotatable bonds is 4. The lowest BCUT2D eigenvalue weighted by Gasteiger charge is -2.40. The highest BCUT2D eigenvalue weighted by molar-refractivity contribution is 5.85. The lowest BCUT2D eigenvalue weighted by molar-refractivity contribution is -0.132. The Morgan fingerprint density at radius 3 is 2.74 bits per heavy atom. The number of aromatic amines is 1. The van der Waals surface area contributed by atoms with Crippen molar-refractivity contribution in [2.45, 2.75) is 32.4 Å². The molecule has 1 unspecified atom stereocenters. The zero-order chi connectivity index (χ0) is 13.9. The van der Waals surface area contributed by atoms with E-state index in [0.29, 0.717) is 0 Å². The highest BCUT2D eigenvalue weighted by Crippen LogP contribution is 2.18. The molecule has 1 fully saturated rings. The van der Waals surface area contributed by atoms with Gasteiger partial charge in [-0.05, 0) is 20.8 Å². The number of piperazine rings is 1. The van der Waals surface area contributed by atoms with Gasteiger partial charge in [0.25, 0.3) is 0 Å². The SMILES string of the molecule is CC(NC(=O)C(C)(C)N1CCNCC1)c1cn[nH]c1. The van der Waals surface area contributed by atoms with Gasteiger partial charge in [-0.15, -0.1) is 0 Å². The van der Waals surface area contributed by atoms with Crippen molar-refractivity contribution in [3.05, 3.63) is 18.0 Å². The van der Waals surface area contributed by atoms with Crippen LogP contribution in [-0.4, -0.2) is 52.7 Å². The van der Waals surface area contributed by atoms with E-state index in [1.165, 1.54) is 0 Å². The predicted molar refractivity (Wildman–Crippen MR) is 73.7 cm³/mol. The molecule has 0 bridgehead atoms. The van der Waals surface area contributed by atoms with Crippen LogP contribution < -0.4 is 10.6 Å².